The van der Waals surface area contributed by atoms with Gasteiger partial charge in [-0.05, 0) is 16.9 Å². The summed E-state index contributed by atoms with van der Waals surface area (Å²) in [6.07, 6.45) is 6.45. The maximum absolute atomic E-state index is 11.4. The lowest BCUT2D eigenvalue weighted by atomic mass is 9.84. The van der Waals surface area contributed by atoms with E-state index in [-0.39, 0.29) is 0 Å². The largest absolute Gasteiger partial charge is 0.522 e. The molecule has 0 aromatic heterocycles. The van der Waals surface area contributed by atoms with Crippen molar-refractivity contribution < 1.29 is 19.0 Å². The lowest BCUT2D eigenvalue weighted by Crippen LogP contribution is -2.40. The predicted molar refractivity (Wildman–Crippen MR) is 64.8 cm³/mol. The Labute approximate surface area is 103 Å². The van der Waals surface area contributed by atoms with Crippen LogP contribution in [0.4, 0.5) is 0 Å². The van der Waals surface area contributed by atoms with Gasteiger partial charge in [-0.1, -0.05) is 32.1 Å². The molecule has 0 heterocycles. The fourth-order valence-corrected chi connectivity index (χ4v) is 3.22. The van der Waals surface area contributed by atoms with Crippen molar-refractivity contribution >= 4 is 14.0 Å². The Bertz CT molecular complexity index is 279. The first-order valence-corrected chi connectivity index (χ1v) is 7.33. The number of esters is 1. The average Bonchev–Trinajstić information content (AvgIpc) is 2.29. The number of nitrogens with two attached hydrogens (primary N) is 1. The van der Waals surface area contributed by atoms with E-state index in [4.69, 9.17) is 10.6 Å². The molecule has 3 unspecified atom stereocenters. The molecule has 98 valence electrons. The van der Waals surface area contributed by atoms with Crippen molar-refractivity contribution in [3.05, 3.63) is 0 Å². The fourth-order valence-electron chi connectivity index (χ4n) is 2.49. The molecule has 0 aromatic carbocycles. The molecule has 0 aromatic rings. The number of carbonyl (C=O) groups excluding carboxylic acids is 1. The van der Waals surface area contributed by atoms with Gasteiger partial charge in [0.15, 0.2) is 0 Å². The normalized spacial score (nSPS) is 21.7. The molecule has 3 atom stereocenters. The van der Waals surface area contributed by atoms with Crippen LogP contribution in [0.15, 0.2) is 0 Å². The number of ether oxygens (including phenoxy) is 1. The lowest BCUT2D eigenvalue weighted by Gasteiger charge is -2.24. The topological polar surface area (TPSA) is 89.6 Å². The molecule has 1 rings (SSSR count). The zero-order chi connectivity index (χ0) is 12.8. The van der Waals surface area contributed by atoms with Crippen molar-refractivity contribution in [2.75, 3.05) is 7.11 Å². The zero-order valence-electron chi connectivity index (χ0n) is 10.2. The minimum absolute atomic E-state index is 0.473. The molecule has 0 saturated heterocycles. The minimum Gasteiger partial charge on any atom is -0.466 e. The van der Waals surface area contributed by atoms with Gasteiger partial charge in [-0.3, -0.25) is 0 Å². The molecule has 1 fully saturated rings. The second kappa shape index (κ2) is 7.04. The smallest absolute Gasteiger partial charge is 0.466 e. The number of hydrogen-bond donors (Lipinski definition) is 2. The monoisotopic (exact) mass is 262 g/mol. The van der Waals surface area contributed by atoms with Gasteiger partial charge >= 0.3 is 14.0 Å². The standard InChI is InChI=1S/C11H20NO4P/c1-16-11(13)10(17(14)15)9(12)7-8-5-3-2-4-6-8/h8-10H,2-7,12H2,1H3/p+1. The van der Waals surface area contributed by atoms with E-state index in [9.17, 15) is 9.36 Å². The Kier molecular flexibility index (Phi) is 6.03. The van der Waals surface area contributed by atoms with Gasteiger partial charge in [-0.15, -0.1) is 0 Å². The van der Waals surface area contributed by atoms with E-state index in [1.165, 1.54) is 26.4 Å². The minimum atomic E-state index is -2.62. The van der Waals surface area contributed by atoms with Crippen LogP contribution in [0, 0.1) is 5.92 Å². The molecule has 1 aliphatic carbocycles. The van der Waals surface area contributed by atoms with Gasteiger partial charge in [-0.25, -0.2) is 4.79 Å². The second-order valence-corrected chi connectivity index (χ2v) is 5.84. The predicted octanol–water partition coefficient (Wildman–Crippen LogP) is 1.56. The first-order chi connectivity index (χ1) is 8.06. The van der Waals surface area contributed by atoms with Crippen molar-refractivity contribution in [1.29, 1.82) is 0 Å². The quantitative estimate of drug-likeness (QED) is 0.579. The summed E-state index contributed by atoms with van der Waals surface area (Å²) in [5.74, 6) is -0.210. The maximum atomic E-state index is 11.4. The summed E-state index contributed by atoms with van der Waals surface area (Å²) in [6, 6.07) is -0.584. The van der Waals surface area contributed by atoms with Crippen LogP contribution in [-0.2, 0) is 14.1 Å². The molecule has 6 heteroatoms. The van der Waals surface area contributed by atoms with Gasteiger partial charge in [0.2, 0.25) is 0 Å². The van der Waals surface area contributed by atoms with Crippen LogP contribution in [0.3, 0.4) is 0 Å². The lowest BCUT2D eigenvalue weighted by molar-refractivity contribution is -0.140. The number of carbonyl (C=O) groups is 1. The molecule has 1 aliphatic rings. The van der Waals surface area contributed by atoms with E-state index < -0.39 is 25.7 Å². The maximum Gasteiger partial charge on any atom is 0.522 e. The van der Waals surface area contributed by atoms with Crippen LogP contribution in [0.25, 0.3) is 0 Å². The summed E-state index contributed by atoms with van der Waals surface area (Å²) in [4.78, 5) is 20.5. The summed E-state index contributed by atoms with van der Waals surface area (Å²) in [7, 11) is -1.42. The Morgan fingerprint density at radius 2 is 2.06 bits per heavy atom. The molecule has 0 aliphatic heterocycles. The van der Waals surface area contributed by atoms with E-state index in [1.807, 2.05) is 0 Å². The van der Waals surface area contributed by atoms with Gasteiger partial charge in [0.1, 0.15) is 0 Å². The van der Waals surface area contributed by atoms with Crippen LogP contribution in [0.5, 0.6) is 0 Å². The molecule has 0 radical (unpaired) electrons. The SMILES string of the molecule is COC(=O)C(C(N)CC1CCCCC1)[P+](=O)O. The molecule has 0 bridgehead atoms. The van der Waals surface area contributed by atoms with Crippen molar-refractivity contribution in [2.45, 2.75) is 50.2 Å². The Morgan fingerprint density at radius 1 is 1.47 bits per heavy atom. The molecule has 17 heavy (non-hydrogen) atoms. The average molecular weight is 262 g/mol. The molecular weight excluding hydrogens is 241 g/mol. The summed E-state index contributed by atoms with van der Waals surface area (Å²) in [5, 5.41) is 0. The van der Waals surface area contributed by atoms with Gasteiger partial charge in [0, 0.05) is 0 Å². The highest BCUT2D eigenvalue weighted by Crippen LogP contribution is 2.32. The molecule has 0 amide bonds. The van der Waals surface area contributed by atoms with Crippen LogP contribution in [0.2, 0.25) is 0 Å². The summed E-state index contributed by atoms with van der Waals surface area (Å²) in [5.41, 5.74) is 4.80. The molecule has 5 nitrogen and oxygen atoms in total. The Balaban J connectivity index is 2.55. The zero-order valence-corrected chi connectivity index (χ0v) is 11.1. The summed E-state index contributed by atoms with van der Waals surface area (Å²) >= 11 is 0. The molecule has 0 spiro atoms. The van der Waals surface area contributed by atoms with Crippen molar-refractivity contribution in [2.24, 2.45) is 11.7 Å². The highest BCUT2D eigenvalue weighted by molar-refractivity contribution is 7.40. The third-order valence-electron chi connectivity index (χ3n) is 3.42. The number of hydrogen-bond acceptors (Lipinski definition) is 4. The van der Waals surface area contributed by atoms with Crippen LogP contribution in [0.1, 0.15) is 38.5 Å². The van der Waals surface area contributed by atoms with Crippen LogP contribution < -0.4 is 5.73 Å². The van der Waals surface area contributed by atoms with E-state index in [0.29, 0.717) is 12.3 Å². The first-order valence-electron chi connectivity index (χ1n) is 6.05. The fraction of sp³-hybridized carbons (Fsp3) is 0.909. The van der Waals surface area contributed by atoms with Crippen molar-refractivity contribution in [1.82, 2.24) is 0 Å². The van der Waals surface area contributed by atoms with E-state index in [2.05, 4.69) is 4.74 Å². The highest BCUT2D eigenvalue weighted by Gasteiger charge is 2.44. The van der Waals surface area contributed by atoms with Crippen LogP contribution in [-0.4, -0.2) is 29.7 Å². The third kappa shape index (κ3) is 4.34. The summed E-state index contributed by atoms with van der Waals surface area (Å²) < 4.78 is 15.7. The molecule has 1 saturated carbocycles. The van der Waals surface area contributed by atoms with Gasteiger partial charge in [0.25, 0.3) is 5.66 Å². The molecular formula is C11H21NO4P+. The molecule has 3 N–H and O–H groups in total. The number of methoxy groups -OCH3 is 1. The van der Waals surface area contributed by atoms with E-state index >= 15 is 0 Å². The van der Waals surface area contributed by atoms with E-state index in [1.54, 1.807) is 0 Å². The second-order valence-electron chi connectivity index (χ2n) is 4.67. The highest BCUT2D eigenvalue weighted by atomic mass is 31.1. The van der Waals surface area contributed by atoms with Crippen LogP contribution >= 0.6 is 8.03 Å². The summed E-state index contributed by atoms with van der Waals surface area (Å²) in [6.45, 7) is 0. The Hall–Kier alpha value is -0.510. The van der Waals surface area contributed by atoms with Gasteiger partial charge < -0.3 is 10.5 Å². The van der Waals surface area contributed by atoms with Crippen molar-refractivity contribution in [3.8, 4) is 0 Å². The van der Waals surface area contributed by atoms with E-state index in [0.717, 1.165) is 12.8 Å². The van der Waals surface area contributed by atoms with Gasteiger partial charge in [0.05, 0.1) is 13.2 Å². The Morgan fingerprint density at radius 3 is 2.53 bits per heavy atom. The van der Waals surface area contributed by atoms with Gasteiger partial charge in [-0.2, -0.15) is 4.89 Å². The first kappa shape index (κ1) is 14.6. The van der Waals surface area contributed by atoms with Crippen molar-refractivity contribution in [3.63, 3.8) is 0 Å². The number of rotatable bonds is 5. The third-order valence-corrected chi connectivity index (χ3v) is 4.49.